The van der Waals surface area contributed by atoms with Crippen LogP contribution in [0.1, 0.15) is 0 Å². The summed E-state index contributed by atoms with van der Waals surface area (Å²) in [5.74, 6) is 0.344. The molecule has 0 aromatic heterocycles. The molecule has 0 amide bonds. The largest absolute Gasteiger partial charge is 1.00 e. The Hall–Kier alpha value is 0.0900. The average molecular weight is 196 g/mol. The smallest absolute Gasteiger partial charge is 0.747 e. The number of hydrogen-bond acceptors (Lipinski definition) is 4. The Balaban J connectivity index is 0.00000121. The van der Waals surface area contributed by atoms with E-state index in [1.807, 2.05) is 0 Å². The normalized spacial score (nSPS) is 11.4. The van der Waals surface area contributed by atoms with Gasteiger partial charge in [-0.15, -0.1) is 0 Å². The maximum Gasteiger partial charge on any atom is 1.00 e. The van der Waals surface area contributed by atoms with Gasteiger partial charge in [0.15, 0.2) is 5.75 Å². The molecule has 1 aromatic rings. The van der Waals surface area contributed by atoms with E-state index in [1.165, 1.54) is 0 Å². The van der Waals surface area contributed by atoms with Crippen LogP contribution in [0.2, 0.25) is 0 Å². The molecule has 1 aromatic carbocycles. The minimum atomic E-state index is -2.64. The molecule has 0 aliphatic carbocycles. The van der Waals surface area contributed by atoms with Crippen molar-refractivity contribution in [3.8, 4) is 5.75 Å². The SMILES string of the molecule is O=S([O-])OOc1ccccc1.[Na+]. The molecule has 1 rings (SSSR count). The summed E-state index contributed by atoms with van der Waals surface area (Å²) < 4.78 is 23.5. The van der Waals surface area contributed by atoms with Crippen LogP contribution in [-0.4, -0.2) is 8.76 Å². The summed E-state index contributed by atoms with van der Waals surface area (Å²) in [6, 6.07) is 8.33. The maximum atomic E-state index is 9.83. The Morgan fingerprint density at radius 1 is 1.25 bits per heavy atom. The Morgan fingerprint density at radius 2 is 1.83 bits per heavy atom. The van der Waals surface area contributed by atoms with Crippen molar-refractivity contribution in [3.63, 3.8) is 0 Å². The molecule has 0 fully saturated rings. The van der Waals surface area contributed by atoms with Gasteiger partial charge in [-0.1, -0.05) is 22.5 Å². The second-order valence-corrected chi connectivity index (χ2v) is 2.21. The van der Waals surface area contributed by atoms with Crippen LogP contribution in [0.5, 0.6) is 5.75 Å². The summed E-state index contributed by atoms with van der Waals surface area (Å²) in [5, 5.41) is 0. The Bertz CT molecular complexity index is 241. The van der Waals surface area contributed by atoms with E-state index in [0.717, 1.165) is 0 Å². The van der Waals surface area contributed by atoms with E-state index in [0.29, 0.717) is 5.75 Å². The maximum absolute atomic E-state index is 9.83. The predicted molar refractivity (Wildman–Crippen MR) is 37.1 cm³/mol. The zero-order valence-corrected chi connectivity index (χ0v) is 9.24. The van der Waals surface area contributed by atoms with Gasteiger partial charge in [0, 0.05) is 0 Å². The summed E-state index contributed by atoms with van der Waals surface area (Å²) in [5.41, 5.74) is 0. The van der Waals surface area contributed by atoms with E-state index in [4.69, 9.17) is 0 Å². The van der Waals surface area contributed by atoms with E-state index in [9.17, 15) is 8.76 Å². The van der Waals surface area contributed by atoms with Gasteiger partial charge < -0.3 is 9.44 Å². The van der Waals surface area contributed by atoms with E-state index in [2.05, 4.69) is 9.22 Å². The number of benzene rings is 1. The van der Waals surface area contributed by atoms with Crippen LogP contribution in [0, 0.1) is 0 Å². The Labute approximate surface area is 94.6 Å². The van der Waals surface area contributed by atoms with Gasteiger partial charge in [0.1, 0.15) is 11.4 Å². The molecule has 0 spiro atoms. The van der Waals surface area contributed by atoms with Crippen molar-refractivity contribution in [2.75, 3.05) is 0 Å². The predicted octanol–water partition coefficient (Wildman–Crippen LogP) is -2.20. The van der Waals surface area contributed by atoms with Gasteiger partial charge >= 0.3 is 29.6 Å². The van der Waals surface area contributed by atoms with Crippen LogP contribution in [-0.2, 0) is 15.7 Å². The molecule has 0 bridgehead atoms. The first-order valence-electron chi connectivity index (χ1n) is 2.78. The van der Waals surface area contributed by atoms with E-state index < -0.39 is 11.4 Å². The van der Waals surface area contributed by atoms with E-state index in [-0.39, 0.29) is 29.6 Å². The molecule has 1 atom stereocenters. The average Bonchev–Trinajstić information content (AvgIpc) is 2.03. The Kier molecular flexibility index (Phi) is 6.64. The van der Waals surface area contributed by atoms with Crippen molar-refractivity contribution < 1.29 is 47.5 Å². The monoisotopic (exact) mass is 196 g/mol. The van der Waals surface area contributed by atoms with Crippen molar-refractivity contribution in [2.24, 2.45) is 0 Å². The minimum absolute atomic E-state index is 0. The van der Waals surface area contributed by atoms with Crippen LogP contribution >= 0.6 is 0 Å². The molecule has 0 aliphatic rings. The van der Waals surface area contributed by atoms with Gasteiger partial charge in [-0.2, -0.15) is 0 Å². The molecule has 0 saturated carbocycles. The molecule has 0 N–H and O–H groups in total. The number of rotatable bonds is 3. The van der Waals surface area contributed by atoms with Gasteiger partial charge in [-0.3, -0.25) is 0 Å². The molecule has 0 radical (unpaired) electrons. The molecule has 60 valence electrons. The van der Waals surface area contributed by atoms with Crippen molar-refractivity contribution in [1.29, 1.82) is 0 Å². The zero-order chi connectivity index (χ0) is 8.10. The van der Waals surface area contributed by atoms with Crippen molar-refractivity contribution in [3.05, 3.63) is 30.3 Å². The summed E-state index contributed by atoms with van der Waals surface area (Å²) in [6.45, 7) is 0. The topological polar surface area (TPSA) is 58.6 Å². The first-order chi connectivity index (χ1) is 5.29. The second-order valence-electron chi connectivity index (χ2n) is 1.67. The summed E-state index contributed by atoms with van der Waals surface area (Å²) in [4.78, 5) is 4.35. The molecule has 6 heteroatoms. The first kappa shape index (κ1) is 12.1. The molecule has 4 nitrogen and oxygen atoms in total. The fourth-order valence-electron chi connectivity index (χ4n) is 0.543. The standard InChI is InChI=1S/C6H6O4S.Na/c7-11(8)10-9-6-4-2-1-3-5-6;/h1-5H,(H,7,8);/q;+1/p-1. The van der Waals surface area contributed by atoms with Crippen molar-refractivity contribution in [1.82, 2.24) is 0 Å². The van der Waals surface area contributed by atoms with Crippen LogP contribution in [0.25, 0.3) is 0 Å². The first-order valence-corrected chi connectivity index (χ1v) is 3.78. The fraction of sp³-hybridized carbons (Fsp3) is 0. The summed E-state index contributed by atoms with van der Waals surface area (Å²) in [7, 11) is 0. The van der Waals surface area contributed by atoms with Crippen molar-refractivity contribution in [2.45, 2.75) is 0 Å². The third kappa shape index (κ3) is 4.87. The van der Waals surface area contributed by atoms with Crippen molar-refractivity contribution >= 4 is 11.4 Å². The fourth-order valence-corrected chi connectivity index (χ4v) is 0.677. The minimum Gasteiger partial charge on any atom is -0.747 e. The van der Waals surface area contributed by atoms with Gasteiger partial charge in [0.05, 0.1) is 0 Å². The van der Waals surface area contributed by atoms with Gasteiger partial charge in [0.2, 0.25) is 0 Å². The molecule has 0 saturated heterocycles. The quantitative estimate of drug-likeness (QED) is 0.238. The molecule has 1 unspecified atom stereocenters. The second kappa shape index (κ2) is 6.59. The van der Waals surface area contributed by atoms with Crippen LogP contribution in [0.15, 0.2) is 30.3 Å². The van der Waals surface area contributed by atoms with Gasteiger partial charge in [-0.05, 0) is 12.1 Å². The van der Waals surface area contributed by atoms with E-state index in [1.54, 1.807) is 30.3 Å². The zero-order valence-electron chi connectivity index (χ0n) is 6.43. The number of hydrogen-bond donors (Lipinski definition) is 0. The van der Waals surface area contributed by atoms with Gasteiger partial charge in [0.25, 0.3) is 0 Å². The molecular formula is C6H5NaO4S. The molecule has 0 heterocycles. The third-order valence-corrected chi connectivity index (χ3v) is 1.11. The van der Waals surface area contributed by atoms with Crippen LogP contribution in [0.3, 0.4) is 0 Å². The summed E-state index contributed by atoms with van der Waals surface area (Å²) in [6.07, 6.45) is 0. The van der Waals surface area contributed by atoms with Crippen LogP contribution in [0.4, 0.5) is 0 Å². The molecular weight excluding hydrogens is 191 g/mol. The number of para-hydroxylation sites is 1. The van der Waals surface area contributed by atoms with Gasteiger partial charge in [-0.25, -0.2) is 4.21 Å². The molecule has 0 aliphatic heterocycles. The molecule has 12 heavy (non-hydrogen) atoms. The van der Waals surface area contributed by atoms with E-state index >= 15 is 0 Å². The summed E-state index contributed by atoms with van der Waals surface area (Å²) >= 11 is -2.64. The van der Waals surface area contributed by atoms with Crippen LogP contribution < -0.4 is 34.4 Å². The third-order valence-electron chi connectivity index (χ3n) is 0.929. The Morgan fingerprint density at radius 3 is 2.33 bits per heavy atom.